The molecule has 2 N–H and O–H groups in total. The van der Waals surface area contributed by atoms with E-state index in [1.807, 2.05) is 24.5 Å². The van der Waals surface area contributed by atoms with Crippen molar-refractivity contribution in [2.24, 2.45) is 11.3 Å². The molecule has 1 unspecified atom stereocenters. The zero-order valence-electron chi connectivity index (χ0n) is 13.0. The van der Waals surface area contributed by atoms with E-state index in [9.17, 15) is 4.79 Å². The average Bonchev–Trinajstić information content (AvgIpc) is 2.45. The molecule has 2 rings (SSSR count). The number of aromatic nitrogens is 1. The van der Waals surface area contributed by atoms with E-state index in [-0.39, 0.29) is 11.5 Å². The molecule has 1 amide bonds. The third-order valence-corrected chi connectivity index (χ3v) is 4.25. The molecule has 0 aliphatic carbocycles. The molecule has 1 aromatic heterocycles. The van der Waals surface area contributed by atoms with Crippen LogP contribution in [0.1, 0.15) is 33.6 Å². The van der Waals surface area contributed by atoms with E-state index < -0.39 is 6.09 Å². The Morgan fingerprint density at radius 2 is 1.90 bits per heavy atom. The number of carboxylic acid groups (broad SMARTS) is 1. The topological polar surface area (TPSA) is 65.5 Å². The van der Waals surface area contributed by atoms with Crippen molar-refractivity contribution in [3.8, 4) is 0 Å². The van der Waals surface area contributed by atoms with Gasteiger partial charge in [-0.05, 0) is 36.3 Å². The molecule has 1 aliphatic rings. The molecule has 5 nitrogen and oxygen atoms in total. The van der Waals surface area contributed by atoms with Crippen molar-refractivity contribution in [2.45, 2.75) is 39.7 Å². The van der Waals surface area contributed by atoms with Crippen molar-refractivity contribution in [3.05, 3.63) is 24.5 Å². The fraction of sp³-hybridized carbons (Fsp3) is 0.625. The molecule has 0 saturated carbocycles. The number of anilines is 1. The maximum Gasteiger partial charge on any atom is 0.404 e. The van der Waals surface area contributed by atoms with Crippen LogP contribution in [0.3, 0.4) is 0 Å². The van der Waals surface area contributed by atoms with Gasteiger partial charge in [0, 0.05) is 37.2 Å². The first-order chi connectivity index (χ1) is 9.88. The van der Waals surface area contributed by atoms with Crippen LogP contribution < -0.4 is 10.2 Å². The molecule has 1 aliphatic heterocycles. The van der Waals surface area contributed by atoms with Crippen molar-refractivity contribution >= 4 is 11.8 Å². The molecule has 1 fully saturated rings. The lowest BCUT2D eigenvalue weighted by molar-refractivity contribution is 0.142. The Kier molecular flexibility index (Phi) is 4.70. The third kappa shape index (κ3) is 4.09. The van der Waals surface area contributed by atoms with E-state index in [4.69, 9.17) is 5.11 Å². The van der Waals surface area contributed by atoms with E-state index in [1.165, 1.54) is 5.69 Å². The average molecular weight is 291 g/mol. The van der Waals surface area contributed by atoms with Gasteiger partial charge >= 0.3 is 6.09 Å². The van der Waals surface area contributed by atoms with Gasteiger partial charge in [-0.1, -0.05) is 20.8 Å². The summed E-state index contributed by atoms with van der Waals surface area (Å²) < 4.78 is 0. The normalized spacial score (nSPS) is 18.3. The Balaban J connectivity index is 2.00. The van der Waals surface area contributed by atoms with Gasteiger partial charge in [0.05, 0.1) is 0 Å². The standard InChI is InChI=1S/C16H25N3O2/c1-16(2,3)14(18-15(20)21)12-6-10-19(11-7-12)13-4-8-17-9-5-13/h4-5,8-9,12,14,18H,6-7,10-11H2,1-3H3,(H,20,21). The summed E-state index contributed by atoms with van der Waals surface area (Å²) in [6, 6.07) is 4.04. The summed E-state index contributed by atoms with van der Waals surface area (Å²) in [7, 11) is 0. The fourth-order valence-corrected chi connectivity index (χ4v) is 3.22. The summed E-state index contributed by atoms with van der Waals surface area (Å²) in [5.41, 5.74) is 1.13. The van der Waals surface area contributed by atoms with E-state index in [1.54, 1.807) is 0 Å². The number of hydrogen-bond donors (Lipinski definition) is 2. The molecule has 1 saturated heterocycles. The van der Waals surface area contributed by atoms with Gasteiger partial charge in [-0.25, -0.2) is 4.79 Å². The van der Waals surface area contributed by atoms with Crippen LogP contribution in [0.4, 0.5) is 10.5 Å². The molecule has 0 spiro atoms. The Bertz CT molecular complexity index is 462. The van der Waals surface area contributed by atoms with E-state index >= 15 is 0 Å². The molecule has 5 heteroatoms. The van der Waals surface area contributed by atoms with Crippen LogP contribution >= 0.6 is 0 Å². The summed E-state index contributed by atoms with van der Waals surface area (Å²) in [5.74, 6) is 0.388. The van der Waals surface area contributed by atoms with Crippen molar-refractivity contribution in [1.82, 2.24) is 10.3 Å². The summed E-state index contributed by atoms with van der Waals surface area (Å²) in [6.07, 6.45) is 4.71. The molecule has 1 aromatic rings. The van der Waals surface area contributed by atoms with Gasteiger partial charge in [0.15, 0.2) is 0 Å². The van der Waals surface area contributed by atoms with Gasteiger partial charge in [0.25, 0.3) is 0 Å². The molecule has 2 heterocycles. The van der Waals surface area contributed by atoms with Crippen LogP contribution in [-0.2, 0) is 0 Å². The molecule has 21 heavy (non-hydrogen) atoms. The van der Waals surface area contributed by atoms with Crippen molar-refractivity contribution in [3.63, 3.8) is 0 Å². The van der Waals surface area contributed by atoms with Crippen LogP contribution in [-0.4, -0.2) is 35.3 Å². The maximum atomic E-state index is 11.1. The Morgan fingerprint density at radius 3 is 2.38 bits per heavy atom. The molecule has 116 valence electrons. The monoisotopic (exact) mass is 291 g/mol. The number of carbonyl (C=O) groups is 1. The number of nitrogens with zero attached hydrogens (tertiary/aromatic N) is 2. The molecule has 0 bridgehead atoms. The number of amides is 1. The van der Waals surface area contributed by atoms with E-state index in [0.29, 0.717) is 5.92 Å². The van der Waals surface area contributed by atoms with Gasteiger partial charge in [-0.3, -0.25) is 4.98 Å². The van der Waals surface area contributed by atoms with Crippen molar-refractivity contribution in [2.75, 3.05) is 18.0 Å². The van der Waals surface area contributed by atoms with E-state index in [0.717, 1.165) is 25.9 Å². The smallest absolute Gasteiger partial charge is 0.404 e. The van der Waals surface area contributed by atoms with E-state index in [2.05, 4.69) is 36.0 Å². The number of piperidine rings is 1. The predicted octanol–water partition coefficient (Wildman–Crippen LogP) is 2.98. The second kappa shape index (κ2) is 6.33. The zero-order chi connectivity index (χ0) is 15.5. The minimum Gasteiger partial charge on any atom is -0.465 e. The summed E-state index contributed by atoms with van der Waals surface area (Å²) in [4.78, 5) is 17.4. The van der Waals surface area contributed by atoms with Gasteiger partial charge in [0.1, 0.15) is 0 Å². The number of rotatable bonds is 3. The van der Waals surface area contributed by atoms with Gasteiger partial charge in [0.2, 0.25) is 0 Å². The van der Waals surface area contributed by atoms with Crippen LogP contribution in [0, 0.1) is 11.3 Å². The van der Waals surface area contributed by atoms with Crippen molar-refractivity contribution < 1.29 is 9.90 Å². The Labute approximate surface area is 126 Å². The lowest BCUT2D eigenvalue weighted by Crippen LogP contribution is -2.51. The predicted molar refractivity (Wildman–Crippen MR) is 83.6 cm³/mol. The second-order valence-electron chi connectivity index (χ2n) is 6.82. The highest BCUT2D eigenvalue weighted by Crippen LogP contribution is 2.33. The van der Waals surface area contributed by atoms with Crippen LogP contribution in [0.5, 0.6) is 0 Å². The van der Waals surface area contributed by atoms with Gasteiger partial charge in [-0.15, -0.1) is 0 Å². The second-order valence-corrected chi connectivity index (χ2v) is 6.82. The highest BCUT2D eigenvalue weighted by atomic mass is 16.4. The van der Waals surface area contributed by atoms with Crippen LogP contribution in [0.2, 0.25) is 0 Å². The number of pyridine rings is 1. The SMILES string of the molecule is CC(C)(C)C(NC(=O)O)C1CCN(c2ccncc2)CC1. The van der Waals surface area contributed by atoms with Crippen LogP contribution in [0.15, 0.2) is 24.5 Å². The highest BCUT2D eigenvalue weighted by Gasteiger charge is 2.35. The Hall–Kier alpha value is -1.78. The number of nitrogens with one attached hydrogen (secondary N) is 1. The fourth-order valence-electron chi connectivity index (χ4n) is 3.22. The number of hydrogen-bond acceptors (Lipinski definition) is 3. The Morgan fingerprint density at radius 1 is 1.33 bits per heavy atom. The molecule has 1 atom stereocenters. The minimum absolute atomic E-state index is 0.00501. The molecular weight excluding hydrogens is 266 g/mol. The first kappa shape index (κ1) is 15.6. The third-order valence-electron chi connectivity index (χ3n) is 4.25. The quantitative estimate of drug-likeness (QED) is 0.898. The maximum absolute atomic E-state index is 11.1. The first-order valence-electron chi connectivity index (χ1n) is 7.52. The lowest BCUT2D eigenvalue weighted by atomic mass is 9.75. The van der Waals surface area contributed by atoms with Crippen LogP contribution in [0.25, 0.3) is 0 Å². The minimum atomic E-state index is -0.925. The molecule has 0 aromatic carbocycles. The molecular formula is C16H25N3O2. The summed E-state index contributed by atoms with van der Waals surface area (Å²) in [5, 5.41) is 11.8. The highest BCUT2D eigenvalue weighted by molar-refractivity contribution is 5.65. The first-order valence-corrected chi connectivity index (χ1v) is 7.52. The molecule has 0 radical (unpaired) electrons. The largest absolute Gasteiger partial charge is 0.465 e. The summed E-state index contributed by atoms with van der Waals surface area (Å²) in [6.45, 7) is 8.22. The van der Waals surface area contributed by atoms with Crippen molar-refractivity contribution in [1.29, 1.82) is 0 Å². The zero-order valence-corrected chi connectivity index (χ0v) is 13.0. The van der Waals surface area contributed by atoms with Gasteiger partial charge < -0.3 is 15.3 Å². The van der Waals surface area contributed by atoms with Gasteiger partial charge in [-0.2, -0.15) is 0 Å². The lowest BCUT2D eigenvalue weighted by Gasteiger charge is -2.42. The summed E-state index contributed by atoms with van der Waals surface area (Å²) >= 11 is 0.